The van der Waals surface area contributed by atoms with Crippen molar-refractivity contribution in [3.05, 3.63) is 12.7 Å². The van der Waals surface area contributed by atoms with Crippen LogP contribution in [-0.4, -0.2) is 42.5 Å². The predicted octanol–water partition coefficient (Wildman–Crippen LogP) is 0.944. The van der Waals surface area contributed by atoms with Crippen molar-refractivity contribution in [2.24, 2.45) is 5.73 Å². The minimum Gasteiger partial charge on any atom is -0.352 e. The number of hydrogen-bond acceptors (Lipinski definition) is 3. The third-order valence-corrected chi connectivity index (χ3v) is 2.73. The van der Waals surface area contributed by atoms with Crippen molar-refractivity contribution in [2.45, 2.75) is 31.8 Å². The third kappa shape index (κ3) is 6.88. The molecule has 1 saturated heterocycles. The number of likely N-dealkylation sites (tertiary alicyclic amines) is 1. The van der Waals surface area contributed by atoms with Crippen molar-refractivity contribution in [3.63, 3.8) is 0 Å². The monoisotopic (exact) mass is 283 g/mol. The number of nitrogens with one attached hydrogen (secondary N) is 1. The molecule has 0 aromatic carbocycles. The van der Waals surface area contributed by atoms with Gasteiger partial charge in [0, 0.05) is 25.7 Å². The first-order valence-corrected chi connectivity index (χ1v) is 5.52. The van der Waals surface area contributed by atoms with Crippen molar-refractivity contribution in [1.82, 2.24) is 10.2 Å². The first kappa shape index (κ1) is 19.1. The Labute approximate surface area is 116 Å². The van der Waals surface area contributed by atoms with E-state index in [1.165, 1.54) is 0 Å². The summed E-state index contributed by atoms with van der Waals surface area (Å²) in [6.07, 6.45) is 3.93. The minimum atomic E-state index is -0.406. The highest BCUT2D eigenvalue weighted by molar-refractivity contribution is 5.85. The van der Waals surface area contributed by atoms with Gasteiger partial charge in [0.15, 0.2) is 0 Å². The lowest BCUT2D eigenvalue weighted by molar-refractivity contribution is -0.123. The molecule has 0 aliphatic carbocycles. The third-order valence-electron chi connectivity index (χ3n) is 2.73. The second-order valence-corrected chi connectivity index (χ2v) is 4.16. The largest absolute Gasteiger partial charge is 0.352 e. The van der Waals surface area contributed by atoms with Crippen LogP contribution in [0.4, 0.5) is 0 Å². The van der Waals surface area contributed by atoms with Gasteiger partial charge in [-0.3, -0.25) is 9.69 Å². The Hall–Kier alpha value is -0.290. The van der Waals surface area contributed by atoms with Crippen molar-refractivity contribution in [3.8, 4) is 0 Å². The summed E-state index contributed by atoms with van der Waals surface area (Å²) < 4.78 is 0. The molecule has 17 heavy (non-hydrogen) atoms. The zero-order chi connectivity index (χ0) is 11.3. The Morgan fingerprint density at radius 1 is 1.53 bits per heavy atom. The van der Waals surface area contributed by atoms with Gasteiger partial charge in [-0.05, 0) is 19.8 Å². The minimum absolute atomic E-state index is 0. The number of carbonyl (C=O) groups is 1. The molecule has 1 aliphatic rings. The molecule has 1 amide bonds. The van der Waals surface area contributed by atoms with E-state index in [1.54, 1.807) is 6.92 Å². The number of hydrogen-bond donors (Lipinski definition) is 2. The van der Waals surface area contributed by atoms with Crippen LogP contribution in [0.3, 0.4) is 0 Å². The number of amides is 1. The summed E-state index contributed by atoms with van der Waals surface area (Å²) in [5, 5.41) is 2.96. The van der Waals surface area contributed by atoms with Crippen molar-refractivity contribution >= 4 is 30.7 Å². The molecule has 0 radical (unpaired) electrons. The van der Waals surface area contributed by atoms with Crippen LogP contribution < -0.4 is 11.1 Å². The maximum absolute atomic E-state index is 11.4. The van der Waals surface area contributed by atoms with E-state index in [0.717, 1.165) is 32.5 Å². The molecule has 0 unspecified atom stereocenters. The number of nitrogens with two attached hydrogens (primary N) is 1. The molecule has 0 bridgehead atoms. The number of carbonyl (C=O) groups excluding carboxylic acids is 1. The van der Waals surface area contributed by atoms with E-state index >= 15 is 0 Å². The van der Waals surface area contributed by atoms with Gasteiger partial charge in [0.05, 0.1) is 6.04 Å². The Morgan fingerprint density at radius 3 is 2.47 bits per heavy atom. The number of rotatable bonds is 4. The second-order valence-electron chi connectivity index (χ2n) is 4.16. The van der Waals surface area contributed by atoms with Crippen LogP contribution in [0.1, 0.15) is 19.8 Å². The van der Waals surface area contributed by atoms with E-state index < -0.39 is 6.04 Å². The van der Waals surface area contributed by atoms with E-state index in [4.69, 9.17) is 5.73 Å². The summed E-state index contributed by atoms with van der Waals surface area (Å²) in [6.45, 7) is 8.41. The quantitative estimate of drug-likeness (QED) is 0.756. The molecule has 1 rings (SSSR count). The fraction of sp³-hybridized carbons (Fsp3) is 0.727. The Balaban J connectivity index is 0. The smallest absolute Gasteiger partial charge is 0.236 e. The molecule has 1 heterocycles. The standard InChI is InChI=1S/C11H21N3O.2ClH/c1-3-6-14-7-4-10(5-8-14)13-11(15)9(2)12;;/h3,9-10H,1,4-8,12H2,2H3,(H,13,15);2*1H/t9-;;/m1../s1. The predicted molar refractivity (Wildman–Crippen MR) is 75.9 cm³/mol. The number of piperidine rings is 1. The highest BCUT2D eigenvalue weighted by atomic mass is 35.5. The van der Waals surface area contributed by atoms with Crippen LogP contribution in [0.2, 0.25) is 0 Å². The van der Waals surface area contributed by atoms with E-state index in [0.29, 0.717) is 6.04 Å². The van der Waals surface area contributed by atoms with Crippen LogP contribution in [0.15, 0.2) is 12.7 Å². The van der Waals surface area contributed by atoms with Crippen LogP contribution >= 0.6 is 24.8 Å². The average molecular weight is 284 g/mol. The lowest BCUT2D eigenvalue weighted by Gasteiger charge is -2.31. The molecule has 0 spiro atoms. The summed E-state index contributed by atoms with van der Waals surface area (Å²) in [5.41, 5.74) is 5.49. The second kappa shape index (κ2) is 9.71. The van der Waals surface area contributed by atoms with Gasteiger partial charge in [-0.2, -0.15) is 0 Å². The van der Waals surface area contributed by atoms with Gasteiger partial charge < -0.3 is 11.1 Å². The Kier molecular flexibility index (Phi) is 10.9. The Morgan fingerprint density at radius 2 is 2.06 bits per heavy atom. The van der Waals surface area contributed by atoms with Gasteiger partial charge in [-0.1, -0.05) is 6.08 Å². The molecule has 3 N–H and O–H groups in total. The Bertz CT molecular complexity index is 229. The van der Waals surface area contributed by atoms with E-state index in [9.17, 15) is 4.79 Å². The van der Waals surface area contributed by atoms with Crippen LogP contribution in [-0.2, 0) is 4.79 Å². The fourth-order valence-electron chi connectivity index (χ4n) is 1.78. The maximum atomic E-state index is 11.4. The van der Waals surface area contributed by atoms with Gasteiger partial charge in [0.1, 0.15) is 0 Å². The molecule has 102 valence electrons. The fourth-order valence-corrected chi connectivity index (χ4v) is 1.78. The number of halogens is 2. The molecule has 1 aliphatic heterocycles. The summed E-state index contributed by atoms with van der Waals surface area (Å²) in [7, 11) is 0. The van der Waals surface area contributed by atoms with Gasteiger partial charge in [-0.15, -0.1) is 31.4 Å². The zero-order valence-corrected chi connectivity index (χ0v) is 11.9. The van der Waals surface area contributed by atoms with E-state index in [2.05, 4.69) is 16.8 Å². The summed E-state index contributed by atoms with van der Waals surface area (Å²) in [4.78, 5) is 13.7. The van der Waals surface area contributed by atoms with Gasteiger partial charge >= 0.3 is 0 Å². The van der Waals surface area contributed by atoms with Crippen molar-refractivity contribution < 1.29 is 4.79 Å². The SMILES string of the molecule is C=CCN1CCC(NC(=O)[C@@H](C)N)CC1.Cl.Cl. The maximum Gasteiger partial charge on any atom is 0.236 e. The first-order valence-electron chi connectivity index (χ1n) is 5.52. The van der Waals surface area contributed by atoms with Gasteiger partial charge in [0.25, 0.3) is 0 Å². The molecular formula is C11H23Cl2N3O. The summed E-state index contributed by atoms with van der Waals surface area (Å²) >= 11 is 0. The van der Waals surface area contributed by atoms with Crippen LogP contribution in [0.5, 0.6) is 0 Å². The zero-order valence-electron chi connectivity index (χ0n) is 10.2. The highest BCUT2D eigenvalue weighted by Gasteiger charge is 2.20. The molecule has 1 atom stereocenters. The molecular weight excluding hydrogens is 261 g/mol. The topological polar surface area (TPSA) is 58.4 Å². The van der Waals surface area contributed by atoms with Gasteiger partial charge in [0.2, 0.25) is 5.91 Å². The first-order chi connectivity index (χ1) is 7.13. The molecule has 0 saturated carbocycles. The molecule has 0 aromatic rings. The van der Waals surface area contributed by atoms with E-state index in [-0.39, 0.29) is 30.7 Å². The highest BCUT2D eigenvalue weighted by Crippen LogP contribution is 2.09. The molecule has 4 nitrogen and oxygen atoms in total. The average Bonchev–Trinajstić information content (AvgIpc) is 2.21. The summed E-state index contributed by atoms with van der Waals surface area (Å²) in [5.74, 6) is -0.0443. The van der Waals surface area contributed by atoms with E-state index in [1.807, 2.05) is 6.08 Å². The number of nitrogens with zero attached hydrogens (tertiary/aromatic N) is 1. The van der Waals surface area contributed by atoms with Crippen molar-refractivity contribution in [2.75, 3.05) is 19.6 Å². The van der Waals surface area contributed by atoms with Crippen molar-refractivity contribution in [1.29, 1.82) is 0 Å². The lowest BCUT2D eigenvalue weighted by Crippen LogP contribution is -2.48. The van der Waals surface area contributed by atoms with Crippen LogP contribution in [0.25, 0.3) is 0 Å². The van der Waals surface area contributed by atoms with Gasteiger partial charge in [-0.25, -0.2) is 0 Å². The molecule has 6 heteroatoms. The normalized spacial score (nSPS) is 18.5. The lowest BCUT2D eigenvalue weighted by atomic mass is 10.0. The molecule has 1 fully saturated rings. The van der Waals surface area contributed by atoms with Crippen LogP contribution in [0, 0.1) is 0 Å². The molecule has 0 aromatic heterocycles. The summed E-state index contributed by atoms with van der Waals surface area (Å²) in [6, 6.07) is -0.110.